The van der Waals surface area contributed by atoms with Crippen LogP contribution < -0.4 is 5.32 Å². The van der Waals surface area contributed by atoms with Gasteiger partial charge in [0.25, 0.3) is 5.91 Å². The first-order valence-electron chi connectivity index (χ1n) is 10.4. The molecule has 1 N–H and O–H groups in total. The summed E-state index contributed by atoms with van der Waals surface area (Å²) in [6.45, 7) is 7.63. The molecule has 0 spiro atoms. The van der Waals surface area contributed by atoms with E-state index in [2.05, 4.69) is 11.4 Å². The number of esters is 1. The van der Waals surface area contributed by atoms with Crippen molar-refractivity contribution in [2.24, 2.45) is 0 Å². The van der Waals surface area contributed by atoms with E-state index in [1.807, 2.05) is 43.5 Å². The first-order valence-corrected chi connectivity index (χ1v) is 11.3. The van der Waals surface area contributed by atoms with Crippen LogP contribution in [0.15, 0.2) is 60.0 Å². The largest absolute Gasteiger partial charge is 0.459 e. The third-order valence-electron chi connectivity index (χ3n) is 4.99. The molecular formula is C26H24N2O3S. The number of aromatic nitrogens is 1. The van der Waals surface area contributed by atoms with Gasteiger partial charge in [0.2, 0.25) is 0 Å². The van der Waals surface area contributed by atoms with Crippen molar-refractivity contribution in [1.82, 2.24) is 4.98 Å². The van der Waals surface area contributed by atoms with Crippen LogP contribution in [0, 0.1) is 13.8 Å². The first-order chi connectivity index (χ1) is 15.3. The van der Waals surface area contributed by atoms with E-state index in [-0.39, 0.29) is 18.0 Å². The van der Waals surface area contributed by atoms with Crippen LogP contribution in [0.5, 0.6) is 0 Å². The van der Waals surface area contributed by atoms with Gasteiger partial charge in [-0.2, -0.15) is 0 Å². The summed E-state index contributed by atoms with van der Waals surface area (Å²) >= 11 is 1.59. The molecule has 0 aliphatic carbocycles. The fourth-order valence-corrected chi connectivity index (χ4v) is 4.28. The van der Waals surface area contributed by atoms with Gasteiger partial charge in [-0.05, 0) is 81.1 Å². The van der Waals surface area contributed by atoms with E-state index in [0.29, 0.717) is 16.8 Å². The zero-order chi connectivity index (χ0) is 22.8. The van der Waals surface area contributed by atoms with E-state index < -0.39 is 0 Å². The highest BCUT2D eigenvalue weighted by atomic mass is 32.1. The zero-order valence-corrected chi connectivity index (χ0v) is 19.2. The lowest BCUT2D eigenvalue weighted by atomic mass is 10.0. The van der Waals surface area contributed by atoms with E-state index >= 15 is 0 Å². The Balaban J connectivity index is 1.69. The molecule has 0 unspecified atom stereocenters. The Labute approximate surface area is 191 Å². The Morgan fingerprint density at radius 1 is 1.03 bits per heavy atom. The molecule has 0 fully saturated rings. The Morgan fingerprint density at radius 3 is 2.44 bits per heavy atom. The molecule has 0 aliphatic heterocycles. The van der Waals surface area contributed by atoms with Gasteiger partial charge in [0.05, 0.1) is 33.3 Å². The molecule has 4 rings (SSSR count). The fraction of sp³-hybridized carbons (Fsp3) is 0.192. The number of carbonyl (C=O) groups is 2. The fourth-order valence-electron chi connectivity index (χ4n) is 3.59. The molecule has 0 bridgehead atoms. The van der Waals surface area contributed by atoms with Crippen LogP contribution in [0.25, 0.3) is 21.5 Å². The molecule has 0 saturated heterocycles. The number of carbonyl (C=O) groups excluding carboxylic acids is 2. The van der Waals surface area contributed by atoms with Gasteiger partial charge in [-0.15, -0.1) is 11.3 Å². The molecule has 0 aliphatic rings. The molecule has 0 atom stereocenters. The molecule has 0 saturated carbocycles. The van der Waals surface area contributed by atoms with Crippen molar-refractivity contribution in [1.29, 1.82) is 0 Å². The lowest BCUT2D eigenvalue weighted by molar-refractivity contribution is 0.0378. The number of amides is 1. The van der Waals surface area contributed by atoms with Crippen molar-refractivity contribution in [3.8, 4) is 10.6 Å². The van der Waals surface area contributed by atoms with Crippen molar-refractivity contribution in [3.63, 3.8) is 0 Å². The molecular weight excluding hydrogens is 420 g/mol. The van der Waals surface area contributed by atoms with E-state index in [1.165, 1.54) is 0 Å². The van der Waals surface area contributed by atoms with Crippen LogP contribution in [-0.4, -0.2) is 23.0 Å². The summed E-state index contributed by atoms with van der Waals surface area (Å²) in [7, 11) is 0. The summed E-state index contributed by atoms with van der Waals surface area (Å²) in [5.41, 5.74) is 5.30. The number of ether oxygens (including phenoxy) is 1. The number of fused-ring (bicyclic) bond motifs is 1. The highest BCUT2D eigenvalue weighted by molar-refractivity contribution is 7.13. The van der Waals surface area contributed by atoms with Crippen LogP contribution >= 0.6 is 11.3 Å². The molecule has 2 heterocycles. The summed E-state index contributed by atoms with van der Waals surface area (Å²) in [6, 6.07) is 16.6. The number of pyridine rings is 1. The standard InChI is InChI=1S/C26H24N2O3S/c1-15(2)31-26(30)18-7-9-19(10-8-18)27-25(29)21-14-22(23-6-5-11-32-23)28-24-17(4)12-16(3)13-20(21)24/h5-15H,1-4H3,(H,27,29). The van der Waals surface area contributed by atoms with Gasteiger partial charge in [0.15, 0.2) is 0 Å². The van der Waals surface area contributed by atoms with Gasteiger partial charge in [0.1, 0.15) is 0 Å². The average Bonchev–Trinajstić information content (AvgIpc) is 3.28. The van der Waals surface area contributed by atoms with E-state index in [4.69, 9.17) is 9.72 Å². The maximum Gasteiger partial charge on any atom is 0.338 e. The number of rotatable bonds is 5. The minimum absolute atomic E-state index is 0.189. The minimum atomic E-state index is -0.385. The van der Waals surface area contributed by atoms with Crippen molar-refractivity contribution in [3.05, 3.63) is 82.2 Å². The van der Waals surface area contributed by atoms with Crippen molar-refractivity contribution >= 4 is 39.8 Å². The number of thiophene rings is 1. The molecule has 5 nitrogen and oxygen atoms in total. The quantitative estimate of drug-likeness (QED) is 0.362. The number of nitrogens with zero attached hydrogens (tertiary/aromatic N) is 1. The molecule has 6 heteroatoms. The van der Waals surface area contributed by atoms with Crippen molar-refractivity contribution in [2.45, 2.75) is 33.8 Å². The molecule has 1 amide bonds. The summed E-state index contributed by atoms with van der Waals surface area (Å²) in [5.74, 6) is -0.609. The second-order valence-corrected chi connectivity index (χ2v) is 8.94. The van der Waals surface area contributed by atoms with E-state index in [9.17, 15) is 9.59 Å². The normalized spacial score (nSPS) is 11.0. The summed E-state index contributed by atoms with van der Waals surface area (Å²) in [4.78, 5) is 31.2. The van der Waals surface area contributed by atoms with Crippen LogP contribution in [0.4, 0.5) is 5.69 Å². The number of anilines is 1. The van der Waals surface area contributed by atoms with Gasteiger partial charge in [-0.3, -0.25) is 4.79 Å². The van der Waals surface area contributed by atoms with Gasteiger partial charge < -0.3 is 10.1 Å². The van der Waals surface area contributed by atoms with Crippen LogP contribution in [0.3, 0.4) is 0 Å². The predicted molar refractivity (Wildman–Crippen MR) is 129 cm³/mol. The molecule has 32 heavy (non-hydrogen) atoms. The highest BCUT2D eigenvalue weighted by Crippen LogP contribution is 2.30. The molecule has 4 aromatic rings. The Hall–Kier alpha value is -3.51. The van der Waals surface area contributed by atoms with Gasteiger partial charge in [0, 0.05) is 11.1 Å². The van der Waals surface area contributed by atoms with Crippen molar-refractivity contribution < 1.29 is 14.3 Å². The maximum atomic E-state index is 13.3. The Bertz CT molecular complexity index is 1290. The third kappa shape index (κ3) is 4.55. The number of nitrogens with one attached hydrogen (secondary N) is 1. The second-order valence-electron chi connectivity index (χ2n) is 8.00. The summed E-state index contributed by atoms with van der Waals surface area (Å²) in [6.07, 6.45) is -0.189. The molecule has 0 radical (unpaired) electrons. The smallest absolute Gasteiger partial charge is 0.338 e. The Morgan fingerprint density at radius 2 is 1.78 bits per heavy atom. The first kappa shape index (κ1) is 21.7. The van der Waals surface area contributed by atoms with Gasteiger partial charge >= 0.3 is 5.97 Å². The van der Waals surface area contributed by atoms with Crippen LogP contribution in [-0.2, 0) is 4.74 Å². The monoisotopic (exact) mass is 444 g/mol. The number of benzene rings is 2. The minimum Gasteiger partial charge on any atom is -0.459 e. The van der Waals surface area contributed by atoms with Crippen LogP contribution in [0.1, 0.15) is 45.7 Å². The lowest BCUT2D eigenvalue weighted by Crippen LogP contribution is -2.14. The van der Waals surface area contributed by atoms with Gasteiger partial charge in [-0.25, -0.2) is 9.78 Å². The predicted octanol–water partition coefficient (Wildman–Crippen LogP) is 6.40. The summed E-state index contributed by atoms with van der Waals surface area (Å²) < 4.78 is 5.21. The number of hydrogen-bond donors (Lipinski definition) is 1. The average molecular weight is 445 g/mol. The second kappa shape index (κ2) is 8.93. The maximum absolute atomic E-state index is 13.3. The molecule has 2 aromatic carbocycles. The zero-order valence-electron chi connectivity index (χ0n) is 18.4. The van der Waals surface area contributed by atoms with Gasteiger partial charge in [-0.1, -0.05) is 17.7 Å². The van der Waals surface area contributed by atoms with Crippen LogP contribution in [0.2, 0.25) is 0 Å². The SMILES string of the molecule is Cc1cc(C)c2nc(-c3cccs3)cc(C(=O)Nc3ccc(C(=O)OC(C)C)cc3)c2c1. The topological polar surface area (TPSA) is 68.3 Å². The molecule has 162 valence electrons. The summed E-state index contributed by atoms with van der Waals surface area (Å²) in [5, 5.41) is 5.77. The van der Waals surface area contributed by atoms with E-state index in [0.717, 1.165) is 32.6 Å². The number of hydrogen-bond acceptors (Lipinski definition) is 5. The van der Waals surface area contributed by atoms with E-state index in [1.54, 1.807) is 49.4 Å². The highest BCUT2D eigenvalue weighted by Gasteiger charge is 2.17. The Kier molecular flexibility index (Phi) is 6.06. The van der Waals surface area contributed by atoms with Crippen molar-refractivity contribution in [2.75, 3.05) is 5.32 Å². The number of aryl methyl sites for hydroxylation is 2. The molecule has 2 aromatic heterocycles. The lowest BCUT2D eigenvalue weighted by Gasteiger charge is -2.13. The third-order valence-corrected chi connectivity index (χ3v) is 5.88.